The van der Waals surface area contributed by atoms with Crippen LogP contribution < -0.4 is 10.6 Å². The monoisotopic (exact) mass is 353 g/mol. The van der Waals surface area contributed by atoms with E-state index in [1.54, 1.807) is 0 Å². The number of hydrogen-bond acceptors (Lipinski definition) is 3. The lowest BCUT2D eigenvalue weighted by Gasteiger charge is -2.12. The molecule has 1 aliphatic heterocycles. The van der Waals surface area contributed by atoms with E-state index in [-0.39, 0.29) is 6.10 Å². The highest BCUT2D eigenvalue weighted by atomic mass is 35.5. The first-order valence-electron chi connectivity index (χ1n) is 8.74. The number of halogens is 1. The third kappa shape index (κ3) is 7.51. The Bertz CT molecular complexity index is 505. The second-order valence-electron chi connectivity index (χ2n) is 5.78. The fourth-order valence-electron chi connectivity index (χ4n) is 2.51. The molecule has 1 aromatic carbocycles. The van der Waals surface area contributed by atoms with Crippen molar-refractivity contribution in [3.8, 4) is 0 Å². The fourth-order valence-corrected chi connectivity index (χ4v) is 2.72. The third-order valence-corrected chi connectivity index (χ3v) is 3.99. The number of aliphatic imine (C=N–C) groups is 1. The van der Waals surface area contributed by atoms with E-state index in [4.69, 9.17) is 21.1 Å². The molecule has 1 aliphatic rings. The predicted octanol–water partition coefficient (Wildman–Crippen LogP) is 2.63. The molecule has 134 valence electrons. The van der Waals surface area contributed by atoms with Crippen molar-refractivity contribution >= 4 is 17.6 Å². The summed E-state index contributed by atoms with van der Waals surface area (Å²) in [5.74, 6) is 0.851. The van der Waals surface area contributed by atoms with Gasteiger partial charge in [-0.2, -0.15) is 0 Å². The maximum absolute atomic E-state index is 6.01. The summed E-state index contributed by atoms with van der Waals surface area (Å²) in [6.45, 7) is 6.78. The number of rotatable bonds is 9. The molecule has 1 aromatic rings. The van der Waals surface area contributed by atoms with Crippen LogP contribution in [0.15, 0.2) is 29.3 Å². The molecule has 0 radical (unpaired) electrons. The van der Waals surface area contributed by atoms with Crippen LogP contribution in [0.2, 0.25) is 5.02 Å². The van der Waals surface area contributed by atoms with E-state index in [0.717, 1.165) is 69.7 Å². The highest BCUT2D eigenvalue weighted by Crippen LogP contribution is 2.10. The average Bonchev–Trinajstić information content (AvgIpc) is 3.08. The van der Waals surface area contributed by atoms with Crippen molar-refractivity contribution in [2.75, 3.05) is 39.5 Å². The molecule has 2 N–H and O–H groups in total. The third-order valence-electron chi connectivity index (χ3n) is 3.75. The number of nitrogens with zero attached hydrogens (tertiary/aromatic N) is 1. The van der Waals surface area contributed by atoms with E-state index in [9.17, 15) is 0 Å². The topological polar surface area (TPSA) is 54.9 Å². The molecule has 1 heterocycles. The Balaban J connectivity index is 1.64. The van der Waals surface area contributed by atoms with Gasteiger partial charge < -0.3 is 20.1 Å². The fraction of sp³-hybridized carbons (Fsp3) is 0.611. The minimum absolute atomic E-state index is 0.276. The lowest BCUT2D eigenvalue weighted by molar-refractivity contribution is 0.0424. The summed E-state index contributed by atoms with van der Waals surface area (Å²) in [4.78, 5) is 4.58. The molecule has 0 saturated carbocycles. The number of hydrogen-bond donors (Lipinski definition) is 2. The minimum atomic E-state index is 0.276. The lowest BCUT2D eigenvalue weighted by Crippen LogP contribution is -2.38. The molecule has 0 aliphatic carbocycles. The molecule has 0 aromatic heterocycles. The van der Waals surface area contributed by atoms with Crippen molar-refractivity contribution in [3.05, 3.63) is 34.9 Å². The summed E-state index contributed by atoms with van der Waals surface area (Å²) < 4.78 is 11.0. The summed E-state index contributed by atoms with van der Waals surface area (Å²) in [6, 6.07) is 7.95. The zero-order valence-corrected chi connectivity index (χ0v) is 15.1. The van der Waals surface area contributed by atoms with Gasteiger partial charge in [-0.05, 0) is 43.9 Å². The lowest BCUT2D eigenvalue weighted by atomic mass is 10.1. The van der Waals surface area contributed by atoms with E-state index in [0.29, 0.717) is 0 Å². The van der Waals surface area contributed by atoms with Crippen LogP contribution in [0.1, 0.15) is 25.3 Å². The molecule has 1 saturated heterocycles. The zero-order valence-electron chi connectivity index (χ0n) is 14.4. The first-order valence-corrected chi connectivity index (χ1v) is 9.11. The molecule has 1 fully saturated rings. The Kier molecular flexibility index (Phi) is 8.95. The van der Waals surface area contributed by atoms with Crippen LogP contribution in [-0.2, 0) is 15.9 Å². The molecule has 0 bridgehead atoms. The predicted molar refractivity (Wildman–Crippen MR) is 98.9 cm³/mol. The number of guanidine groups is 1. The molecule has 24 heavy (non-hydrogen) atoms. The second-order valence-corrected chi connectivity index (χ2v) is 6.21. The van der Waals surface area contributed by atoms with Gasteiger partial charge in [0.15, 0.2) is 5.96 Å². The number of nitrogens with one attached hydrogen (secondary N) is 2. The standard InChI is InChI=1S/C18H28ClN3O2/c1-2-20-18(21-9-4-11-24-17-8-12-23-14-17)22-10-7-15-5-3-6-16(19)13-15/h3,5-6,13,17H,2,4,7-12,14H2,1H3,(H2,20,21,22). The number of ether oxygens (including phenoxy) is 2. The summed E-state index contributed by atoms with van der Waals surface area (Å²) >= 11 is 6.01. The molecule has 0 spiro atoms. The molecule has 6 heteroatoms. The summed E-state index contributed by atoms with van der Waals surface area (Å²) in [5.41, 5.74) is 1.22. The van der Waals surface area contributed by atoms with Gasteiger partial charge in [-0.3, -0.25) is 4.99 Å². The normalized spacial score (nSPS) is 17.9. The van der Waals surface area contributed by atoms with Crippen LogP contribution in [0, 0.1) is 0 Å². The average molecular weight is 354 g/mol. The Morgan fingerprint density at radius 3 is 3.08 bits per heavy atom. The highest BCUT2D eigenvalue weighted by Gasteiger charge is 2.15. The molecule has 5 nitrogen and oxygen atoms in total. The smallest absolute Gasteiger partial charge is 0.191 e. The van der Waals surface area contributed by atoms with Gasteiger partial charge in [-0.1, -0.05) is 23.7 Å². The van der Waals surface area contributed by atoms with E-state index >= 15 is 0 Å². The number of benzene rings is 1. The van der Waals surface area contributed by atoms with Crippen molar-refractivity contribution in [2.24, 2.45) is 4.99 Å². The molecule has 1 atom stereocenters. The van der Waals surface area contributed by atoms with Gasteiger partial charge in [0.05, 0.1) is 12.7 Å². The van der Waals surface area contributed by atoms with Gasteiger partial charge in [-0.15, -0.1) is 0 Å². The Morgan fingerprint density at radius 1 is 1.42 bits per heavy atom. The Hall–Kier alpha value is -1.30. The van der Waals surface area contributed by atoms with Crippen molar-refractivity contribution in [2.45, 2.75) is 32.3 Å². The molecule has 2 rings (SSSR count). The van der Waals surface area contributed by atoms with Gasteiger partial charge >= 0.3 is 0 Å². The van der Waals surface area contributed by atoms with E-state index in [1.165, 1.54) is 5.56 Å². The van der Waals surface area contributed by atoms with Crippen LogP contribution in [0.5, 0.6) is 0 Å². The molecular formula is C18H28ClN3O2. The molecule has 1 unspecified atom stereocenters. The summed E-state index contributed by atoms with van der Waals surface area (Å²) in [5, 5.41) is 7.40. The zero-order chi connectivity index (χ0) is 17.0. The highest BCUT2D eigenvalue weighted by molar-refractivity contribution is 6.30. The van der Waals surface area contributed by atoms with Crippen LogP contribution in [0.4, 0.5) is 0 Å². The summed E-state index contributed by atoms with van der Waals surface area (Å²) in [7, 11) is 0. The van der Waals surface area contributed by atoms with Gasteiger partial charge in [0.2, 0.25) is 0 Å². The van der Waals surface area contributed by atoms with Gasteiger partial charge in [0.25, 0.3) is 0 Å². The quantitative estimate of drug-likeness (QED) is 0.407. The first kappa shape index (κ1) is 19.0. The van der Waals surface area contributed by atoms with Crippen LogP contribution in [0.3, 0.4) is 0 Å². The van der Waals surface area contributed by atoms with Crippen LogP contribution >= 0.6 is 11.6 Å². The maximum atomic E-state index is 6.01. The van der Waals surface area contributed by atoms with Crippen molar-refractivity contribution in [1.82, 2.24) is 10.6 Å². The van der Waals surface area contributed by atoms with Crippen LogP contribution in [-0.4, -0.2) is 51.5 Å². The maximum Gasteiger partial charge on any atom is 0.191 e. The Labute approximate surface area is 149 Å². The summed E-state index contributed by atoms with van der Waals surface area (Å²) in [6.07, 6.45) is 3.12. The minimum Gasteiger partial charge on any atom is -0.379 e. The van der Waals surface area contributed by atoms with E-state index in [2.05, 4.69) is 28.6 Å². The molecular weight excluding hydrogens is 326 g/mol. The second kappa shape index (κ2) is 11.3. The van der Waals surface area contributed by atoms with E-state index < -0.39 is 0 Å². The SMILES string of the molecule is CCNC(=NCCCOC1CCOC1)NCCc1cccc(Cl)c1. The van der Waals surface area contributed by atoms with E-state index in [1.807, 2.05) is 18.2 Å². The van der Waals surface area contributed by atoms with Gasteiger partial charge in [0, 0.05) is 37.9 Å². The van der Waals surface area contributed by atoms with Gasteiger partial charge in [-0.25, -0.2) is 0 Å². The van der Waals surface area contributed by atoms with Gasteiger partial charge in [0.1, 0.15) is 0 Å². The first-order chi connectivity index (χ1) is 11.8. The largest absolute Gasteiger partial charge is 0.379 e. The van der Waals surface area contributed by atoms with Crippen molar-refractivity contribution < 1.29 is 9.47 Å². The Morgan fingerprint density at radius 2 is 2.33 bits per heavy atom. The van der Waals surface area contributed by atoms with Crippen LogP contribution in [0.25, 0.3) is 0 Å². The van der Waals surface area contributed by atoms with Crippen molar-refractivity contribution in [1.29, 1.82) is 0 Å². The van der Waals surface area contributed by atoms with Crippen molar-refractivity contribution in [3.63, 3.8) is 0 Å². The molecule has 0 amide bonds.